The standard InChI is InChI=1S/C19H21Br/c1-13-6-5-9-18(14(13)2)19(20)17-11-10-15-7-3-4-8-16(15)12-17/h5-6,9-12,19H,3-4,7-8H2,1-2H3. The van der Waals surface area contributed by atoms with E-state index in [2.05, 4.69) is 66.2 Å². The Morgan fingerprint density at radius 1 is 0.950 bits per heavy atom. The van der Waals surface area contributed by atoms with Crippen LogP contribution in [0.5, 0.6) is 0 Å². The molecule has 0 saturated carbocycles. The molecule has 1 aliphatic carbocycles. The Balaban J connectivity index is 1.98. The smallest absolute Gasteiger partial charge is 0.0647 e. The van der Waals surface area contributed by atoms with E-state index in [1.165, 1.54) is 47.9 Å². The number of aryl methyl sites for hydroxylation is 3. The largest absolute Gasteiger partial charge is 0.0786 e. The van der Waals surface area contributed by atoms with Gasteiger partial charge in [0, 0.05) is 0 Å². The summed E-state index contributed by atoms with van der Waals surface area (Å²) in [7, 11) is 0. The van der Waals surface area contributed by atoms with E-state index in [0.29, 0.717) is 4.83 Å². The second-order valence-electron chi connectivity index (χ2n) is 5.89. The van der Waals surface area contributed by atoms with Crippen LogP contribution in [0, 0.1) is 13.8 Å². The molecule has 0 spiro atoms. The molecule has 0 radical (unpaired) electrons. The molecule has 0 bridgehead atoms. The van der Waals surface area contributed by atoms with Crippen molar-refractivity contribution in [1.29, 1.82) is 0 Å². The van der Waals surface area contributed by atoms with Crippen LogP contribution in [0.3, 0.4) is 0 Å². The molecule has 104 valence electrons. The second kappa shape index (κ2) is 5.73. The van der Waals surface area contributed by atoms with Crippen molar-refractivity contribution in [2.45, 2.75) is 44.4 Å². The third kappa shape index (κ3) is 2.56. The first-order valence-electron chi connectivity index (χ1n) is 7.48. The van der Waals surface area contributed by atoms with Crippen LogP contribution >= 0.6 is 15.9 Å². The van der Waals surface area contributed by atoms with Gasteiger partial charge in [-0.05, 0) is 72.9 Å². The zero-order valence-electron chi connectivity index (χ0n) is 12.2. The van der Waals surface area contributed by atoms with E-state index in [4.69, 9.17) is 0 Å². The average molecular weight is 329 g/mol. The van der Waals surface area contributed by atoms with Gasteiger partial charge in [-0.2, -0.15) is 0 Å². The molecule has 3 rings (SSSR count). The molecule has 0 heterocycles. The Hall–Kier alpha value is -1.08. The monoisotopic (exact) mass is 328 g/mol. The molecule has 0 aliphatic heterocycles. The van der Waals surface area contributed by atoms with Crippen LogP contribution in [-0.2, 0) is 12.8 Å². The highest BCUT2D eigenvalue weighted by Crippen LogP contribution is 2.35. The van der Waals surface area contributed by atoms with E-state index in [0.717, 1.165) is 0 Å². The average Bonchev–Trinajstić information content (AvgIpc) is 2.49. The molecule has 1 aliphatic rings. The van der Waals surface area contributed by atoms with E-state index < -0.39 is 0 Å². The second-order valence-corrected chi connectivity index (χ2v) is 6.80. The highest BCUT2D eigenvalue weighted by atomic mass is 79.9. The van der Waals surface area contributed by atoms with Crippen molar-refractivity contribution in [3.8, 4) is 0 Å². The van der Waals surface area contributed by atoms with Crippen LogP contribution in [0.25, 0.3) is 0 Å². The molecule has 1 atom stereocenters. The lowest BCUT2D eigenvalue weighted by Gasteiger charge is -2.20. The first-order valence-corrected chi connectivity index (χ1v) is 8.40. The van der Waals surface area contributed by atoms with E-state index in [1.54, 1.807) is 11.1 Å². The van der Waals surface area contributed by atoms with Crippen LogP contribution in [0.2, 0.25) is 0 Å². The Labute approximate surface area is 130 Å². The summed E-state index contributed by atoms with van der Waals surface area (Å²) in [5, 5.41) is 0. The Morgan fingerprint density at radius 3 is 2.50 bits per heavy atom. The molecule has 2 aromatic rings. The lowest BCUT2D eigenvalue weighted by atomic mass is 9.88. The summed E-state index contributed by atoms with van der Waals surface area (Å²) in [6, 6.07) is 13.6. The van der Waals surface area contributed by atoms with E-state index in [1.807, 2.05) is 0 Å². The topological polar surface area (TPSA) is 0 Å². The maximum atomic E-state index is 3.91. The molecule has 0 amide bonds. The molecule has 0 N–H and O–H groups in total. The third-order valence-corrected chi connectivity index (χ3v) is 5.61. The first kappa shape index (κ1) is 13.9. The molecule has 0 fully saturated rings. The van der Waals surface area contributed by atoms with Crippen molar-refractivity contribution in [3.05, 3.63) is 69.8 Å². The fourth-order valence-electron chi connectivity index (χ4n) is 3.14. The van der Waals surface area contributed by atoms with Crippen LogP contribution in [0.15, 0.2) is 36.4 Å². The zero-order chi connectivity index (χ0) is 14.1. The SMILES string of the molecule is Cc1cccc(C(Br)c2ccc3c(c2)CCCC3)c1C. The van der Waals surface area contributed by atoms with Gasteiger partial charge in [0.05, 0.1) is 4.83 Å². The molecule has 1 unspecified atom stereocenters. The minimum absolute atomic E-state index is 0.301. The Kier molecular flexibility index (Phi) is 3.98. The van der Waals surface area contributed by atoms with Gasteiger partial charge >= 0.3 is 0 Å². The van der Waals surface area contributed by atoms with E-state index >= 15 is 0 Å². The molecular formula is C19H21Br. The maximum absolute atomic E-state index is 3.91. The Morgan fingerprint density at radius 2 is 1.70 bits per heavy atom. The lowest BCUT2D eigenvalue weighted by molar-refractivity contribution is 0.684. The highest BCUT2D eigenvalue weighted by molar-refractivity contribution is 9.09. The highest BCUT2D eigenvalue weighted by Gasteiger charge is 2.16. The van der Waals surface area contributed by atoms with Gasteiger partial charge in [0.2, 0.25) is 0 Å². The molecule has 1 heteroatoms. The summed E-state index contributed by atoms with van der Waals surface area (Å²) < 4.78 is 0. The van der Waals surface area contributed by atoms with Crippen molar-refractivity contribution in [2.24, 2.45) is 0 Å². The van der Waals surface area contributed by atoms with Gasteiger partial charge in [0.1, 0.15) is 0 Å². The molecule has 0 nitrogen and oxygen atoms in total. The van der Waals surface area contributed by atoms with Crippen molar-refractivity contribution in [2.75, 3.05) is 0 Å². The van der Waals surface area contributed by atoms with Crippen molar-refractivity contribution in [1.82, 2.24) is 0 Å². The summed E-state index contributed by atoms with van der Waals surface area (Å²) in [5.41, 5.74) is 8.65. The minimum Gasteiger partial charge on any atom is -0.0786 e. The van der Waals surface area contributed by atoms with Gasteiger partial charge in [-0.3, -0.25) is 0 Å². The van der Waals surface area contributed by atoms with Crippen molar-refractivity contribution < 1.29 is 0 Å². The summed E-state index contributed by atoms with van der Waals surface area (Å²) in [5.74, 6) is 0. The predicted molar refractivity (Wildman–Crippen MR) is 89.8 cm³/mol. The van der Waals surface area contributed by atoms with Gasteiger partial charge in [-0.1, -0.05) is 52.3 Å². The van der Waals surface area contributed by atoms with Gasteiger partial charge in [-0.15, -0.1) is 0 Å². The normalized spacial score (nSPS) is 15.8. The van der Waals surface area contributed by atoms with Crippen molar-refractivity contribution >= 4 is 15.9 Å². The van der Waals surface area contributed by atoms with Crippen LogP contribution < -0.4 is 0 Å². The molecule has 2 aromatic carbocycles. The fourth-order valence-corrected chi connectivity index (χ4v) is 3.92. The lowest BCUT2D eigenvalue weighted by Crippen LogP contribution is -2.05. The fraction of sp³-hybridized carbons (Fsp3) is 0.368. The number of alkyl halides is 1. The van der Waals surface area contributed by atoms with Crippen LogP contribution in [0.1, 0.15) is 51.0 Å². The van der Waals surface area contributed by atoms with E-state index in [-0.39, 0.29) is 0 Å². The third-order valence-electron chi connectivity index (χ3n) is 4.58. The van der Waals surface area contributed by atoms with Gasteiger partial charge < -0.3 is 0 Å². The number of halogens is 1. The number of hydrogen-bond donors (Lipinski definition) is 0. The predicted octanol–water partition coefficient (Wildman–Crippen LogP) is 5.67. The number of hydrogen-bond acceptors (Lipinski definition) is 0. The molecule has 0 saturated heterocycles. The molecule has 20 heavy (non-hydrogen) atoms. The quantitative estimate of drug-likeness (QED) is 0.623. The summed E-state index contributed by atoms with van der Waals surface area (Å²) in [6.07, 6.45) is 5.19. The zero-order valence-corrected chi connectivity index (χ0v) is 13.8. The number of rotatable bonds is 2. The first-order chi connectivity index (χ1) is 9.66. The number of benzene rings is 2. The van der Waals surface area contributed by atoms with Crippen LogP contribution in [-0.4, -0.2) is 0 Å². The van der Waals surface area contributed by atoms with E-state index in [9.17, 15) is 0 Å². The minimum atomic E-state index is 0.301. The maximum Gasteiger partial charge on any atom is 0.0647 e. The summed E-state index contributed by atoms with van der Waals surface area (Å²) in [4.78, 5) is 0.301. The summed E-state index contributed by atoms with van der Waals surface area (Å²) in [6.45, 7) is 4.41. The van der Waals surface area contributed by atoms with Gasteiger partial charge in [0.25, 0.3) is 0 Å². The molecular weight excluding hydrogens is 308 g/mol. The Bertz CT molecular complexity index is 628. The van der Waals surface area contributed by atoms with Crippen molar-refractivity contribution in [3.63, 3.8) is 0 Å². The summed E-state index contributed by atoms with van der Waals surface area (Å²) >= 11 is 3.91. The van der Waals surface area contributed by atoms with Crippen LogP contribution in [0.4, 0.5) is 0 Å². The molecule has 0 aromatic heterocycles. The number of fused-ring (bicyclic) bond motifs is 1. The van der Waals surface area contributed by atoms with Gasteiger partial charge in [0.15, 0.2) is 0 Å². The van der Waals surface area contributed by atoms with Gasteiger partial charge in [-0.25, -0.2) is 0 Å².